The van der Waals surface area contributed by atoms with Crippen LogP contribution in [0.15, 0.2) is 53.5 Å². The first-order chi connectivity index (χ1) is 17.0. The Morgan fingerprint density at radius 2 is 1.86 bits per heavy atom. The summed E-state index contributed by atoms with van der Waals surface area (Å²) in [6, 6.07) is 12.5. The second-order valence-electron chi connectivity index (χ2n) is 9.17. The standard InChI is InChI=1S/C27H32FN3O4/c28-24-21-6-1-2-7-22(21)30-25(24)26(32)31-23(27(33)34)17-19-8-10-20(11-9-19)35-16-4-3-5-18-12-14-29-15-13-18/h1-2,6-11,18,23-24,29H,3-5,12-17H2,(H,31,32)(H,33,34)/t23-,24?/m0/s1. The van der Waals surface area contributed by atoms with Crippen molar-refractivity contribution in [1.82, 2.24) is 10.6 Å². The predicted molar refractivity (Wildman–Crippen MR) is 132 cm³/mol. The molecule has 2 aliphatic rings. The van der Waals surface area contributed by atoms with E-state index in [1.807, 2.05) is 0 Å². The molecule has 0 bridgehead atoms. The number of unbranched alkanes of at least 4 members (excludes halogenated alkanes) is 1. The van der Waals surface area contributed by atoms with Crippen molar-refractivity contribution in [2.24, 2.45) is 10.9 Å². The van der Waals surface area contributed by atoms with Crippen LogP contribution in [0, 0.1) is 5.92 Å². The van der Waals surface area contributed by atoms with Crippen molar-refractivity contribution >= 4 is 23.3 Å². The lowest BCUT2D eigenvalue weighted by Gasteiger charge is -2.22. The molecule has 35 heavy (non-hydrogen) atoms. The fourth-order valence-electron chi connectivity index (χ4n) is 4.59. The summed E-state index contributed by atoms with van der Waals surface area (Å²) in [5.74, 6) is -0.459. The van der Waals surface area contributed by atoms with Gasteiger partial charge in [0.2, 0.25) is 0 Å². The minimum atomic E-state index is -1.67. The summed E-state index contributed by atoms with van der Waals surface area (Å²) >= 11 is 0. The fraction of sp³-hybridized carbons (Fsp3) is 0.444. The average Bonchev–Trinajstić information content (AvgIpc) is 3.21. The third kappa shape index (κ3) is 6.66. The first kappa shape index (κ1) is 24.9. The van der Waals surface area contributed by atoms with E-state index in [1.165, 1.54) is 19.3 Å². The van der Waals surface area contributed by atoms with Crippen LogP contribution in [-0.2, 0) is 16.0 Å². The number of alkyl halides is 1. The zero-order valence-corrected chi connectivity index (χ0v) is 19.7. The Bertz CT molecular complexity index is 1050. The number of hydrogen-bond donors (Lipinski definition) is 3. The molecule has 7 nitrogen and oxygen atoms in total. The van der Waals surface area contributed by atoms with Crippen molar-refractivity contribution in [2.75, 3.05) is 19.7 Å². The van der Waals surface area contributed by atoms with E-state index < -0.39 is 24.1 Å². The number of para-hydroxylation sites is 1. The van der Waals surface area contributed by atoms with Crippen molar-refractivity contribution < 1.29 is 23.8 Å². The first-order valence-electron chi connectivity index (χ1n) is 12.3. The molecule has 0 aromatic heterocycles. The summed E-state index contributed by atoms with van der Waals surface area (Å²) in [5, 5.41) is 15.4. The summed E-state index contributed by atoms with van der Waals surface area (Å²) in [7, 11) is 0. The number of fused-ring (bicyclic) bond motifs is 1. The molecule has 2 aromatic rings. The summed E-state index contributed by atoms with van der Waals surface area (Å²) in [4.78, 5) is 28.4. The molecule has 0 radical (unpaired) electrons. The number of carboxylic acids is 1. The van der Waals surface area contributed by atoms with Crippen LogP contribution in [0.5, 0.6) is 5.75 Å². The van der Waals surface area contributed by atoms with E-state index in [9.17, 15) is 19.1 Å². The molecular weight excluding hydrogens is 449 g/mol. The highest BCUT2D eigenvalue weighted by Gasteiger charge is 2.33. The van der Waals surface area contributed by atoms with Crippen LogP contribution in [0.4, 0.5) is 10.1 Å². The van der Waals surface area contributed by atoms with E-state index >= 15 is 0 Å². The van der Waals surface area contributed by atoms with Gasteiger partial charge in [0.1, 0.15) is 17.5 Å². The van der Waals surface area contributed by atoms with Crippen molar-refractivity contribution in [1.29, 1.82) is 0 Å². The maximum Gasteiger partial charge on any atom is 0.326 e. The molecule has 2 heterocycles. The van der Waals surface area contributed by atoms with Gasteiger partial charge in [-0.1, -0.05) is 36.8 Å². The monoisotopic (exact) mass is 481 g/mol. The Labute approximate surface area is 204 Å². The van der Waals surface area contributed by atoms with Crippen molar-refractivity contribution in [3.63, 3.8) is 0 Å². The minimum absolute atomic E-state index is 0.0643. The second kappa shape index (κ2) is 11.9. The highest BCUT2D eigenvalue weighted by molar-refractivity contribution is 6.42. The lowest BCUT2D eigenvalue weighted by Crippen LogP contribution is -2.45. The number of amides is 1. The van der Waals surface area contributed by atoms with Gasteiger partial charge in [0, 0.05) is 12.0 Å². The van der Waals surface area contributed by atoms with E-state index in [4.69, 9.17) is 4.74 Å². The number of carboxylic acid groups (broad SMARTS) is 1. The van der Waals surface area contributed by atoms with Gasteiger partial charge in [-0.05, 0) is 68.5 Å². The third-order valence-electron chi connectivity index (χ3n) is 6.62. The fourth-order valence-corrected chi connectivity index (χ4v) is 4.59. The van der Waals surface area contributed by atoms with Crippen LogP contribution < -0.4 is 15.4 Å². The molecule has 1 amide bonds. The van der Waals surface area contributed by atoms with Crippen LogP contribution in [0.3, 0.4) is 0 Å². The number of aliphatic imine (C=N–C) groups is 1. The van der Waals surface area contributed by atoms with Crippen LogP contribution in [0.2, 0.25) is 0 Å². The molecule has 1 fully saturated rings. The van der Waals surface area contributed by atoms with Gasteiger partial charge in [0.25, 0.3) is 5.91 Å². The Morgan fingerprint density at radius 1 is 1.11 bits per heavy atom. The third-order valence-corrected chi connectivity index (χ3v) is 6.62. The number of nitrogens with one attached hydrogen (secondary N) is 2. The maximum absolute atomic E-state index is 14.6. The minimum Gasteiger partial charge on any atom is -0.494 e. The van der Waals surface area contributed by atoms with Gasteiger partial charge in [-0.2, -0.15) is 0 Å². The Hall–Kier alpha value is -3.26. The maximum atomic E-state index is 14.6. The summed E-state index contributed by atoms with van der Waals surface area (Å²) in [6.07, 6.45) is 4.31. The van der Waals surface area contributed by atoms with Crippen molar-refractivity contribution in [3.8, 4) is 5.75 Å². The van der Waals surface area contributed by atoms with E-state index in [0.29, 0.717) is 17.9 Å². The molecule has 2 atom stereocenters. The van der Waals surface area contributed by atoms with E-state index in [1.54, 1.807) is 48.5 Å². The van der Waals surface area contributed by atoms with Crippen LogP contribution in [0.1, 0.15) is 49.4 Å². The zero-order chi connectivity index (χ0) is 24.6. The molecule has 0 spiro atoms. The molecule has 0 aliphatic carbocycles. The van der Waals surface area contributed by atoms with Crippen LogP contribution in [0.25, 0.3) is 0 Å². The molecule has 186 valence electrons. The molecular formula is C27H32FN3O4. The van der Waals surface area contributed by atoms with E-state index in [2.05, 4.69) is 15.6 Å². The number of carbonyl (C=O) groups is 2. The molecule has 2 aliphatic heterocycles. The lowest BCUT2D eigenvalue weighted by atomic mass is 9.93. The molecule has 8 heteroatoms. The van der Waals surface area contributed by atoms with Gasteiger partial charge < -0.3 is 20.5 Å². The normalized spacial score (nSPS) is 18.4. The largest absolute Gasteiger partial charge is 0.494 e. The van der Waals surface area contributed by atoms with Gasteiger partial charge in [-0.25, -0.2) is 14.2 Å². The summed E-state index contributed by atoms with van der Waals surface area (Å²) < 4.78 is 20.5. The Kier molecular flexibility index (Phi) is 8.47. The average molecular weight is 482 g/mol. The Balaban J connectivity index is 1.24. The number of ether oxygens (including phenoxy) is 1. The first-order valence-corrected chi connectivity index (χ1v) is 12.3. The summed E-state index contributed by atoms with van der Waals surface area (Å²) in [5.41, 5.74) is 1.11. The van der Waals surface area contributed by atoms with Gasteiger partial charge in [0.05, 0.1) is 12.3 Å². The molecule has 2 aromatic carbocycles. The Morgan fingerprint density at radius 3 is 2.57 bits per heavy atom. The molecule has 4 rings (SSSR count). The molecule has 3 N–H and O–H groups in total. The number of piperidine rings is 1. The lowest BCUT2D eigenvalue weighted by molar-refractivity contribution is -0.141. The number of hydrogen-bond acceptors (Lipinski definition) is 5. The van der Waals surface area contributed by atoms with Crippen molar-refractivity contribution in [3.05, 3.63) is 59.7 Å². The van der Waals surface area contributed by atoms with Crippen LogP contribution in [-0.4, -0.2) is 48.4 Å². The number of aliphatic carboxylic acids is 1. The number of halogens is 1. The summed E-state index contributed by atoms with van der Waals surface area (Å²) in [6.45, 7) is 2.89. The smallest absolute Gasteiger partial charge is 0.326 e. The SMILES string of the molecule is O=C(N[C@@H](Cc1ccc(OCCCCC2CCNCC2)cc1)C(=O)O)C1=Nc2ccccc2C1F. The quantitative estimate of drug-likeness (QED) is 0.419. The molecule has 1 saturated heterocycles. The predicted octanol–water partition coefficient (Wildman–Crippen LogP) is 4.14. The van der Waals surface area contributed by atoms with Gasteiger partial charge >= 0.3 is 5.97 Å². The van der Waals surface area contributed by atoms with Crippen molar-refractivity contribution in [2.45, 2.75) is 50.7 Å². The highest BCUT2D eigenvalue weighted by atomic mass is 19.1. The zero-order valence-electron chi connectivity index (χ0n) is 19.7. The highest BCUT2D eigenvalue weighted by Crippen LogP contribution is 2.36. The number of rotatable bonds is 11. The number of carbonyl (C=O) groups excluding carboxylic acids is 1. The van der Waals surface area contributed by atoms with Gasteiger partial charge in [-0.15, -0.1) is 0 Å². The van der Waals surface area contributed by atoms with Gasteiger partial charge in [-0.3, -0.25) is 4.79 Å². The van der Waals surface area contributed by atoms with Gasteiger partial charge in [0.15, 0.2) is 6.17 Å². The number of nitrogens with zero attached hydrogens (tertiary/aromatic N) is 1. The molecule has 0 saturated carbocycles. The number of benzene rings is 2. The topological polar surface area (TPSA) is 100 Å². The molecule has 1 unspecified atom stereocenters. The second-order valence-corrected chi connectivity index (χ2v) is 9.17. The van der Waals surface area contributed by atoms with Crippen LogP contribution >= 0.6 is 0 Å². The van der Waals surface area contributed by atoms with E-state index in [0.717, 1.165) is 43.2 Å². The van der Waals surface area contributed by atoms with E-state index in [-0.39, 0.29) is 12.1 Å².